The fraction of sp³-hybridized carbons (Fsp3) is 0.455. The van der Waals surface area contributed by atoms with Crippen LogP contribution in [0.1, 0.15) is 34.3 Å². The van der Waals surface area contributed by atoms with E-state index < -0.39 is 5.97 Å². The number of rotatable bonds is 6. The number of hydrogen-bond donors (Lipinski definition) is 2. The quantitative estimate of drug-likeness (QED) is 0.757. The van der Waals surface area contributed by atoms with Crippen molar-refractivity contribution < 1.29 is 19.4 Å². The zero-order valence-electron chi connectivity index (χ0n) is 10.2. The second-order valence-corrected chi connectivity index (χ2v) is 3.75. The van der Waals surface area contributed by atoms with Crippen molar-refractivity contribution in [2.75, 3.05) is 13.7 Å². The minimum Gasteiger partial charge on any atom is -0.476 e. The van der Waals surface area contributed by atoms with Crippen molar-refractivity contribution in [2.45, 2.75) is 19.4 Å². The van der Waals surface area contributed by atoms with Gasteiger partial charge in [0.1, 0.15) is 5.69 Å². The number of methoxy groups -OCH3 is 1. The minimum atomic E-state index is -1.18. The first-order valence-electron chi connectivity index (χ1n) is 5.39. The summed E-state index contributed by atoms with van der Waals surface area (Å²) in [7, 11) is 1.59. The number of ether oxygens (including phenoxy) is 1. The van der Waals surface area contributed by atoms with E-state index in [1.807, 2.05) is 6.92 Å². The molecule has 1 amide bonds. The highest BCUT2D eigenvalue weighted by molar-refractivity contribution is 5.92. The van der Waals surface area contributed by atoms with E-state index in [-0.39, 0.29) is 23.3 Å². The number of aromatic nitrogens is 2. The lowest BCUT2D eigenvalue weighted by Crippen LogP contribution is -2.34. The molecule has 18 heavy (non-hydrogen) atoms. The van der Waals surface area contributed by atoms with E-state index >= 15 is 0 Å². The second kappa shape index (κ2) is 6.65. The zero-order chi connectivity index (χ0) is 13.5. The lowest BCUT2D eigenvalue weighted by molar-refractivity contribution is 0.0688. The van der Waals surface area contributed by atoms with Crippen LogP contribution in [0.3, 0.4) is 0 Å². The Morgan fingerprint density at radius 1 is 1.39 bits per heavy atom. The molecule has 0 aliphatic carbocycles. The van der Waals surface area contributed by atoms with E-state index in [0.29, 0.717) is 13.0 Å². The fourth-order valence-corrected chi connectivity index (χ4v) is 1.22. The molecular formula is C11H15N3O4. The molecule has 2 N–H and O–H groups in total. The van der Waals surface area contributed by atoms with Crippen LogP contribution in [0.25, 0.3) is 0 Å². The molecular weight excluding hydrogens is 238 g/mol. The van der Waals surface area contributed by atoms with Gasteiger partial charge in [-0.25, -0.2) is 14.8 Å². The van der Waals surface area contributed by atoms with Crippen LogP contribution in [0.15, 0.2) is 12.4 Å². The van der Waals surface area contributed by atoms with Crippen molar-refractivity contribution in [1.82, 2.24) is 15.3 Å². The van der Waals surface area contributed by atoms with E-state index in [1.165, 1.54) is 0 Å². The number of carbonyl (C=O) groups excluding carboxylic acids is 1. The van der Waals surface area contributed by atoms with E-state index in [1.54, 1.807) is 7.11 Å². The Labute approximate surface area is 104 Å². The van der Waals surface area contributed by atoms with Crippen LogP contribution in [0.4, 0.5) is 0 Å². The summed E-state index contributed by atoms with van der Waals surface area (Å²) in [5.74, 6) is -1.56. The molecule has 0 aliphatic rings. The standard InChI is InChI=1S/C11H15N3O4/c1-7(3-4-18-2)14-10(15)8-5-13-9(6-12-8)11(16)17/h5-7H,3-4H2,1-2H3,(H,14,15)(H,16,17). The Morgan fingerprint density at radius 3 is 2.50 bits per heavy atom. The number of nitrogens with zero attached hydrogens (tertiary/aromatic N) is 2. The van der Waals surface area contributed by atoms with E-state index in [4.69, 9.17) is 9.84 Å². The number of aromatic carboxylic acids is 1. The van der Waals surface area contributed by atoms with Gasteiger partial charge in [0.25, 0.3) is 5.91 Å². The second-order valence-electron chi connectivity index (χ2n) is 3.75. The Kier molecular flexibility index (Phi) is 5.19. The third-order valence-corrected chi connectivity index (χ3v) is 2.24. The molecule has 0 aliphatic heterocycles. The number of amides is 1. The smallest absolute Gasteiger partial charge is 0.356 e. The van der Waals surface area contributed by atoms with Crippen LogP contribution in [-0.4, -0.2) is 46.7 Å². The first kappa shape index (κ1) is 14.0. The molecule has 0 spiro atoms. The van der Waals surface area contributed by atoms with E-state index in [9.17, 15) is 9.59 Å². The lowest BCUT2D eigenvalue weighted by atomic mass is 10.2. The van der Waals surface area contributed by atoms with Crippen LogP contribution in [-0.2, 0) is 4.74 Å². The number of carboxylic acid groups (broad SMARTS) is 1. The summed E-state index contributed by atoms with van der Waals surface area (Å²) >= 11 is 0. The topological polar surface area (TPSA) is 101 Å². The molecule has 1 heterocycles. The first-order chi connectivity index (χ1) is 8.54. The van der Waals surface area contributed by atoms with Crippen LogP contribution in [0, 0.1) is 0 Å². The van der Waals surface area contributed by atoms with Gasteiger partial charge in [-0.05, 0) is 13.3 Å². The predicted molar refractivity (Wildman–Crippen MR) is 62.4 cm³/mol. The highest BCUT2D eigenvalue weighted by Gasteiger charge is 2.12. The van der Waals surface area contributed by atoms with Crippen molar-refractivity contribution in [3.05, 3.63) is 23.8 Å². The van der Waals surface area contributed by atoms with Gasteiger partial charge in [-0.15, -0.1) is 0 Å². The van der Waals surface area contributed by atoms with Crippen molar-refractivity contribution in [3.8, 4) is 0 Å². The van der Waals surface area contributed by atoms with Gasteiger partial charge in [0.15, 0.2) is 5.69 Å². The molecule has 7 nitrogen and oxygen atoms in total. The Hall–Kier alpha value is -2.02. The Balaban J connectivity index is 2.58. The third-order valence-electron chi connectivity index (χ3n) is 2.24. The molecule has 0 radical (unpaired) electrons. The maximum absolute atomic E-state index is 11.7. The number of hydrogen-bond acceptors (Lipinski definition) is 5. The highest BCUT2D eigenvalue weighted by atomic mass is 16.5. The van der Waals surface area contributed by atoms with Crippen LogP contribution < -0.4 is 5.32 Å². The summed E-state index contributed by atoms with van der Waals surface area (Å²) in [5, 5.41) is 11.4. The Morgan fingerprint density at radius 2 is 2.00 bits per heavy atom. The maximum atomic E-state index is 11.7. The van der Waals surface area contributed by atoms with Gasteiger partial charge in [0, 0.05) is 19.8 Å². The predicted octanol–water partition coefficient (Wildman–Crippen LogP) is 0.330. The van der Waals surface area contributed by atoms with Crippen LogP contribution in [0.2, 0.25) is 0 Å². The third kappa shape index (κ3) is 4.10. The average Bonchev–Trinajstić information content (AvgIpc) is 2.36. The SMILES string of the molecule is COCCC(C)NC(=O)c1cnc(C(=O)O)cn1. The number of carbonyl (C=O) groups is 2. The van der Waals surface area contributed by atoms with E-state index in [2.05, 4.69) is 15.3 Å². The molecule has 0 bridgehead atoms. The van der Waals surface area contributed by atoms with Gasteiger partial charge in [-0.2, -0.15) is 0 Å². The largest absolute Gasteiger partial charge is 0.476 e. The van der Waals surface area contributed by atoms with Gasteiger partial charge in [0.05, 0.1) is 12.4 Å². The van der Waals surface area contributed by atoms with Gasteiger partial charge >= 0.3 is 5.97 Å². The molecule has 1 unspecified atom stereocenters. The molecule has 98 valence electrons. The molecule has 0 saturated carbocycles. The van der Waals surface area contributed by atoms with E-state index in [0.717, 1.165) is 12.4 Å². The van der Waals surface area contributed by atoms with Crippen molar-refractivity contribution in [3.63, 3.8) is 0 Å². The van der Waals surface area contributed by atoms with Crippen LogP contribution >= 0.6 is 0 Å². The normalized spacial score (nSPS) is 11.9. The molecule has 0 aromatic carbocycles. The van der Waals surface area contributed by atoms with Crippen LogP contribution in [0.5, 0.6) is 0 Å². The van der Waals surface area contributed by atoms with Gasteiger partial charge < -0.3 is 15.2 Å². The van der Waals surface area contributed by atoms with Gasteiger partial charge in [-0.1, -0.05) is 0 Å². The summed E-state index contributed by atoms with van der Waals surface area (Å²) in [5.41, 5.74) is -0.108. The summed E-state index contributed by atoms with van der Waals surface area (Å²) in [4.78, 5) is 29.6. The molecule has 1 aromatic heterocycles. The van der Waals surface area contributed by atoms with Crippen molar-refractivity contribution >= 4 is 11.9 Å². The number of nitrogens with one attached hydrogen (secondary N) is 1. The molecule has 1 atom stereocenters. The zero-order valence-corrected chi connectivity index (χ0v) is 10.2. The summed E-state index contributed by atoms with van der Waals surface area (Å²) in [6.45, 7) is 2.39. The minimum absolute atomic E-state index is 0.0570. The summed E-state index contributed by atoms with van der Waals surface area (Å²) < 4.78 is 4.90. The molecule has 1 rings (SSSR count). The first-order valence-corrected chi connectivity index (χ1v) is 5.39. The number of carboxylic acids is 1. The maximum Gasteiger partial charge on any atom is 0.356 e. The monoisotopic (exact) mass is 253 g/mol. The van der Waals surface area contributed by atoms with Crippen molar-refractivity contribution in [1.29, 1.82) is 0 Å². The molecule has 0 saturated heterocycles. The molecule has 1 aromatic rings. The lowest BCUT2D eigenvalue weighted by Gasteiger charge is -2.12. The summed E-state index contributed by atoms with van der Waals surface area (Å²) in [6, 6.07) is -0.0570. The van der Waals surface area contributed by atoms with Gasteiger partial charge in [-0.3, -0.25) is 4.79 Å². The molecule has 7 heteroatoms. The summed E-state index contributed by atoms with van der Waals surface area (Å²) in [6.07, 6.45) is 2.88. The molecule has 0 fully saturated rings. The average molecular weight is 253 g/mol. The highest BCUT2D eigenvalue weighted by Crippen LogP contribution is 1.98. The van der Waals surface area contributed by atoms with Gasteiger partial charge in [0.2, 0.25) is 0 Å². The van der Waals surface area contributed by atoms with Crippen molar-refractivity contribution in [2.24, 2.45) is 0 Å². The Bertz CT molecular complexity index is 419. The fourth-order valence-electron chi connectivity index (χ4n) is 1.22.